The number of aliphatic carboxylic acids is 1. The number of nitrogens with zero attached hydrogens (tertiary/aromatic N) is 2. The largest absolute Gasteiger partial charge is 0.481 e. The van der Waals surface area contributed by atoms with Crippen LogP contribution in [0.15, 0.2) is 0 Å². The molecule has 0 bridgehead atoms. The van der Waals surface area contributed by atoms with Crippen molar-refractivity contribution < 1.29 is 14.7 Å². The van der Waals surface area contributed by atoms with Gasteiger partial charge in [-0.15, -0.1) is 0 Å². The van der Waals surface area contributed by atoms with E-state index in [-0.39, 0.29) is 24.5 Å². The minimum Gasteiger partial charge on any atom is -0.481 e. The summed E-state index contributed by atoms with van der Waals surface area (Å²) in [4.78, 5) is 27.1. The highest BCUT2D eigenvalue weighted by molar-refractivity contribution is 5.77. The van der Waals surface area contributed by atoms with Crippen molar-refractivity contribution in [3.63, 3.8) is 0 Å². The smallest absolute Gasteiger partial charge is 0.320 e. The molecule has 0 spiro atoms. The molecule has 0 aromatic rings. The van der Waals surface area contributed by atoms with Gasteiger partial charge in [-0.3, -0.25) is 4.79 Å². The molecule has 0 radical (unpaired) electrons. The molecule has 2 saturated heterocycles. The Balaban J connectivity index is 2.00. The third kappa shape index (κ3) is 3.19. The van der Waals surface area contributed by atoms with Crippen molar-refractivity contribution in [3.05, 3.63) is 0 Å². The maximum absolute atomic E-state index is 12.6. The molecule has 3 unspecified atom stereocenters. The van der Waals surface area contributed by atoms with Crippen molar-refractivity contribution >= 4 is 12.0 Å². The summed E-state index contributed by atoms with van der Waals surface area (Å²) in [5.41, 5.74) is 0. The lowest BCUT2D eigenvalue weighted by Gasteiger charge is -2.40. The Morgan fingerprint density at radius 2 is 1.89 bits per heavy atom. The normalized spacial score (nSPS) is 31.6. The molecule has 2 aliphatic rings. The van der Waals surface area contributed by atoms with Gasteiger partial charge in [-0.2, -0.15) is 0 Å². The second-order valence-corrected chi connectivity index (χ2v) is 6.04. The zero-order valence-electron chi connectivity index (χ0n) is 11.8. The van der Waals surface area contributed by atoms with Crippen molar-refractivity contribution in [2.24, 2.45) is 5.92 Å². The molecule has 19 heavy (non-hydrogen) atoms. The first-order chi connectivity index (χ1) is 8.99. The summed E-state index contributed by atoms with van der Waals surface area (Å²) in [6.07, 6.45) is 3.90. The quantitative estimate of drug-likeness (QED) is 0.835. The monoisotopic (exact) mass is 268 g/mol. The van der Waals surface area contributed by atoms with Gasteiger partial charge in [0.05, 0.1) is 6.42 Å². The Bertz CT molecular complexity index is 359. The maximum atomic E-state index is 12.6. The highest BCUT2D eigenvalue weighted by Crippen LogP contribution is 2.27. The fourth-order valence-electron chi connectivity index (χ4n) is 3.36. The van der Waals surface area contributed by atoms with Gasteiger partial charge >= 0.3 is 12.0 Å². The summed E-state index contributed by atoms with van der Waals surface area (Å²) >= 11 is 0. The summed E-state index contributed by atoms with van der Waals surface area (Å²) in [6.45, 7) is 5.82. The van der Waals surface area contributed by atoms with Crippen molar-refractivity contribution in [2.75, 3.05) is 13.1 Å². The van der Waals surface area contributed by atoms with E-state index in [1.54, 1.807) is 4.90 Å². The Morgan fingerprint density at radius 1 is 1.16 bits per heavy atom. The van der Waals surface area contributed by atoms with E-state index in [0.29, 0.717) is 12.5 Å². The Kier molecular flexibility index (Phi) is 4.32. The molecule has 0 aliphatic carbocycles. The first-order valence-corrected chi connectivity index (χ1v) is 7.28. The molecule has 5 heteroatoms. The van der Waals surface area contributed by atoms with E-state index in [2.05, 4.69) is 13.8 Å². The summed E-state index contributed by atoms with van der Waals surface area (Å²) < 4.78 is 0. The predicted molar refractivity (Wildman–Crippen MR) is 71.9 cm³/mol. The van der Waals surface area contributed by atoms with Gasteiger partial charge < -0.3 is 14.9 Å². The molecule has 108 valence electrons. The number of likely N-dealkylation sites (tertiary alicyclic amines) is 2. The van der Waals surface area contributed by atoms with Gasteiger partial charge in [-0.05, 0) is 38.5 Å². The number of rotatable bonds is 2. The van der Waals surface area contributed by atoms with Gasteiger partial charge in [0.15, 0.2) is 0 Å². The highest BCUT2D eigenvalue weighted by Gasteiger charge is 2.36. The van der Waals surface area contributed by atoms with Gasteiger partial charge in [0, 0.05) is 25.2 Å². The first kappa shape index (κ1) is 14.2. The third-order valence-corrected chi connectivity index (χ3v) is 4.42. The van der Waals surface area contributed by atoms with Crippen molar-refractivity contribution in [1.82, 2.24) is 9.80 Å². The highest BCUT2D eigenvalue weighted by atomic mass is 16.4. The van der Waals surface area contributed by atoms with Crippen molar-refractivity contribution in [1.29, 1.82) is 0 Å². The van der Waals surface area contributed by atoms with Crippen LogP contribution < -0.4 is 0 Å². The number of urea groups is 1. The maximum Gasteiger partial charge on any atom is 0.320 e. The summed E-state index contributed by atoms with van der Waals surface area (Å²) in [7, 11) is 0. The van der Waals surface area contributed by atoms with Gasteiger partial charge in [0.25, 0.3) is 0 Å². The van der Waals surface area contributed by atoms with Crippen molar-refractivity contribution in [3.8, 4) is 0 Å². The number of carboxylic acids is 1. The van der Waals surface area contributed by atoms with Crippen LogP contribution in [0.25, 0.3) is 0 Å². The van der Waals surface area contributed by atoms with Crippen LogP contribution in [0.2, 0.25) is 0 Å². The SMILES string of the molecule is CC1CCN(C(=O)N2CCCC2CC(=O)O)C(C)C1. The van der Waals surface area contributed by atoms with Crippen LogP contribution in [-0.4, -0.2) is 52.1 Å². The molecule has 2 aliphatic heterocycles. The second-order valence-electron chi connectivity index (χ2n) is 6.04. The summed E-state index contributed by atoms with van der Waals surface area (Å²) in [5.74, 6) is -0.141. The lowest BCUT2D eigenvalue weighted by molar-refractivity contribution is -0.138. The third-order valence-electron chi connectivity index (χ3n) is 4.42. The van der Waals surface area contributed by atoms with E-state index in [4.69, 9.17) is 5.11 Å². The standard InChI is InChI=1S/C14H24N2O3/c1-10-5-7-15(11(2)8-10)14(19)16-6-3-4-12(16)9-13(17)18/h10-12H,3-9H2,1-2H3,(H,17,18). The first-order valence-electron chi connectivity index (χ1n) is 7.28. The second kappa shape index (κ2) is 5.80. The van der Waals surface area contributed by atoms with Crippen LogP contribution >= 0.6 is 0 Å². The Morgan fingerprint density at radius 3 is 2.53 bits per heavy atom. The molecule has 2 amide bonds. The number of carbonyl (C=O) groups is 2. The van der Waals surface area contributed by atoms with Crippen LogP contribution in [0.1, 0.15) is 46.0 Å². The average molecular weight is 268 g/mol. The van der Waals surface area contributed by atoms with E-state index in [0.717, 1.165) is 32.2 Å². The van der Waals surface area contributed by atoms with Gasteiger partial charge in [0.2, 0.25) is 0 Å². The number of carboxylic acid groups (broad SMARTS) is 1. The molecule has 5 nitrogen and oxygen atoms in total. The molecule has 2 heterocycles. The molecule has 2 fully saturated rings. The molecule has 1 N–H and O–H groups in total. The van der Waals surface area contributed by atoms with Crippen LogP contribution in [-0.2, 0) is 4.79 Å². The fourth-order valence-corrected chi connectivity index (χ4v) is 3.36. The molecule has 3 atom stereocenters. The van der Waals surface area contributed by atoms with E-state index in [1.807, 2.05) is 4.90 Å². The molecule has 0 aromatic heterocycles. The fraction of sp³-hybridized carbons (Fsp3) is 0.857. The van der Waals surface area contributed by atoms with Crippen LogP contribution in [0, 0.1) is 5.92 Å². The minimum absolute atomic E-state index is 0.0446. The number of carbonyl (C=O) groups excluding carboxylic acids is 1. The van der Waals surface area contributed by atoms with Gasteiger partial charge in [-0.25, -0.2) is 4.79 Å². The number of hydrogen-bond acceptors (Lipinski definition) is 2. The molecule has 0 aromatic carbocycles. The predicted octanol–water partition coefficient (Wildman–Crippen LogP) is 2.17. The van der Waals surface area contributed by atoms with Crippen molar-refractivity contribution in [2.45, 2.75) is 58.0 Å². The number of piperidine rings is 1. The zero-order valence-corrected chi connectivity index (χ0v) is 11.8. The van der Waals surface area contributed by atoms with Gasteiger partial charge in [0.1, 0.15) is 0 Å². The van der Waals surface area contributed by atoms with E-state index in [1.165, 1.54) is 0 Å². The van der Waals surface area contributed by atoms with Crippen LogP contribution in [0.5, 0.6) is 0 Å². The summed E-state index contributed by atoms with van der Waals surface area (Å²) in [5, 5.41) is 8.92. The Hall–Kier alpha value is -1.26. The minimum atomic E-state index is -0.815. The van der Waals surface area contributed by atoms with E-state index >= 15 is 0 Å². The topological polar surface area (TPSA) is 60.9 Å². The van der Waals surface area contributed by atoms with Gasteiger partial charge in [-0.1, -0.05) is 6.92 Å². The zero-order chi connectivity index (χ0) is 14.0. The number of amides is 2. The van der Waals surface area contributed by atoms with Crippen LogP contribution in [0.3, 0.4) is 0 Å². The molecule has 0 saturated carbocycles. The lowest BCUT2D eigenvalue weighted by Crippen LogP contribution is -2.52. The van der Waals surface area contributed by atoms with E-state index < -0.39 is 5.97 Å². The molecule has 2 rings (SSSR count). The summed E-state index contributed by atoms with van der Waals surface area (Å²) in [6, 6.07) is 0.196. The van der Waals surface area contributed by atoms with Crippen LogP contribution in [0.4, 0.5) is 4.79 Å². The Labute approximate surface area is 114 Å². The average Bonchev–Trinajstić information content (AvgIpc) is 2.75. The van der Waals surface area contributed by atoms with E-state index in [9.17, 15) is 9.59 Å². The molecular weight excluding hydrogens is 244 g/mol. The number of hydrogen-bond donors (Lipinski definition) is 1. The lowest BCUT2D eigenvalue weighted by atomic mass is 9.93. The molecular formula is C14H24N2O3.